The Labute approximate surface area is 147 Å². The highest BCUT2D eigenvalue weighted by atomic mass is 16.5. The van der Waals surface area contributed by atoms with Gasteiger partial charge in [-0.3, -0.25) is 9.59 Å². The highest BCUT2D eigenvalue weighted by Gasteiger charge is 2.22. The molecule has 138 valence electrons. The molecule has 0 radical (unpaired) electrons. The van der Waals surface area contributed by atoms with Crippen molar-refractivity contribution in [1.82, 2.24) is 10.6 Å². The van der Waals surface area contributed by atoms with E-state index in [1.807, 2.05) is 13.8 Å². The molecule has 0 spiro atoms. The summed E-state index contributed by atoms with van der Waals surface area (Å²) in [4.78, 5) is 35.0. The van der Waals surface area contributed by atoms with Gasteiger partial charge < -0.3 is 26.4 Å². The van der Waals surface area contributed by atoms with Gasteiger partial charge in [0.2, 0.25) is 11.8 Å². The molecule has 0 fully saturated rings. The normalized spacial score (nSPS) is 12.9. The highest BCUT2D eigenvalue weighted by Crippen LogP contribution is 2.11. The molecule has 0 bridgehead atoms. The number of benzene rings is 1. The molecule has 2 unspecified atom stereocenters. The van der Waals surface area contributed by atoms with E-state index in [9.17, 15) is 14.4 Å². The molecule has 3 amide bonds. The first kappa shape index (κ1) is 20.4. The highest BCUT2D eigenvalue weighted by molar-refractivity contribution is 5.97. The van der Waals surface area contributed by atoms with Crippen LogP contribution in [0.2, 0.25) is 0 Å². The summed E-state index contributed by atoms with van der Waals surface area (Å²) in [6.07, 6.45) is -0.512. The largest absolute Gasteiger partial charge is 0.445 e. The number of nitrogens with one attached hydrogen (secondary N) is 3. The lowest BCUT2D eigenvalue weighted by Gasteiger charge is -2.19. The fourth-order valence-corrected chi connectivity index (χ4v) is 1.83. The van der Waals surface area contributed by atoms with Gasteiger partial charge in [0.05, 0.1) is 6.04 Å². The van der Waals surface area contributed by atoms with E-state index >= 15 is 0 Å². The fourth-order valence-electron chi connectivity index (χ4n) is 1.83. The van der Waals surface area contributed by atoms with Gasteiger partial charge in [-0.2, -0.15) is 0 Å². The van der Waals surface area contributed by atoms with Crippen molar-refractivity contribution >= 4 is 23.6 Å². The van der Waals surface area contributed by atoms with Crippen molar-refractivity contribution in [2.45, 2.75) is 39.5 Å². The molecule has 0 saturated heterocycles. The summed E-state index contributed by atoms with van der Waals surface area (Å²) >= 11 is 0. The Morgan fingerprint density at radius 1 is 1.08 bits per heavy atom. The number of alkyl carbamates (subject to hydrolysis) is 1. The molecule has 0 aliphatic carbocycles. The van der Waals surface area contributed by atoms with Crippen LogP contribution in [0.4, 0.5) is 10.5 Å². The number of nitrogens with two attached hydrogens (primary N) is 1. The van der Waals surface area contributed by atoms with Gasteiger partial charge in [-0.05, 0) is 30.5 Å². The van der Waals surface area contributed by atoms with Gasteiger partial charge in [0.15, 0.2) is 0 Å². The van der Waals surface area contributed by atoms with Gasteiger partial charge in [-0.15, -0.1) is 0 Å². The van der Waals surface area contributed by atoms with Crippen LogP contribution in [0.15, 0.2) is 24.3 Å². The Hall–Kier alpha value is -2.61. The quantitative estimate of drug-likeness (QED) is 0.583. The minimum atomic E-state index is -0.714. The summed E-state index contributed by atoms with van der Waals surface area (Å²) in [7, 11) is 1.48. The molecular weight excluding hydrogens is 324 g/mol. The van der Waals surface area contributed by atoms with Crippen molar-refractivity contribution in [2.24, 2.45) is 11.7 Å². The molecule has 5 N–H and O–H groups in total. The number of rotatable bonds is 7. The molecule has 0 saturated carbocycles. The summed E-state index contributed by atoms with van der Waals surface area (Å²) in [5, 5.41) is 7.65. The van der Waals surface area contributed by atoms with Crippen LogP contribution < -0.4 is 21.7 Å². The van der Waals surface area contributed by atoms with Crippen LogP contribution in [-0.2, 0) is 20.9 Å². The fraction of sp³-hybridized carbons (Fsp3) is 0.471. The average Bonchev–Trinajstić information content (AvgIpc) is 2.59. The first-order valence-corrected chi connectivity index (χ1v) is 8.04. The second kappa shape index (κ2) is 9.63. The smallest absolute Gasteiger partial charge is 0.407 e. The molecule has 8 nitrogen and oxygen atoms in total. The monoisotopic (exact) mass is 350 g/mol. The van der Waals surface area contributed by atoms with Crippen molar-refractivity contribution in [3.8, 4) is 0 Å². The number of amides is 3. The van der Waals surface area contributed by atoms with Gasteiger partial charge in [0, 0.05) is 12.7 Å². The maximum atomic E-state index is 12.1. The Morgan fingerprint density at radius 2 is 1.68 bits per heavy atom. The molecule has 0 aliphatic rings. The second-order valence-electron chi connectivity index (χ2n) is 6.01. The number of carbonyl (C=O) groups is 3. The molecule has 1 rings (SSSR count). The predicted molar refractivity (Wildman–Crippen MR) is 94.7 cm³/mol. The van der Waals surface area contributed by atoms with Crippen molar-refractivity contribution in [3.63, 3.8) is 0 Å². The van der Waals surface area contributed by atoms with Gasteiger partial charge >= 0.3 is 6.09 Å². The van der Waals surface area contributed by atoms with Crippen molar-refractivity contribution in [1.29, 1.82) is 0 Å². The van der Waals surface area contributed by atoms with E-state index in [-0.39, 0.29) is 24.3 Å². The van der Waals surface area contributed by atoms with Crippen molar-refractivity contribution < 1.29 is 19.1 Å². The van der Waals surface area contributed by atoms with Gasteiger partial charge in [0.1, 0.15) is 12.6 Å². The van der Waals surface area contributed by atoms with Gasteiger partial charge in [-0.1, -0.05) is 26.0 Å². The Balaban J connectivity index is 2.53. The van der Waals surface area contributed by atoms with Crippen LogP contribution >= 0.6 is 0 Å². The molecule has 0 aliphatic heterocycles. The number of carbonyl (C=O) groups excluding carboxylic acids is 3. The standard InChI is InChI=1S/C17H26N4O4/c1-10(2)14(18)16(23)20-11(3)15(22)21-13-7-5-12(6-8-13)9-25-17(24)19-4/h5-8,10-11,14H,9,18H2,1-4H3,(H,19,24)(H,20,23)(H,21,22). The van der Waals surface area contributed by atoms with E-state index in [4.69, 9.17) is 10.5 Å². The van der Waals surface area contributed by atoms with Crippen LogP contribution in [0.25, 0.3) is 0 Å². The van der Waals surface area contributed by atoms with Gasteiger partial charge in [0.25, 0.3) is 0 Å². The zero-order chi connectivity index (χ0) is 19.0. The minimum absolute atomic E-state index is 0.0141. The Kier molecular flexibility index (Phi) is 7.87. The van der Waals surface area contributed by atoms with Crippen LogP contribution in [0.1, 0.15) is 26.3 Å². The SMILES string of the molecule is CNC(=O)OCc1ccc(NC(=O)C(C)NC(=O)C(N)C(C)C)cc1. The molecule has 0 heterocycles. The number of hydrogen-bond acceptors (Lipinski definition) is 5. The molecule has 1 aromatic carbocycles. The first-order valence-electron chi connectivity index (χ1n) is 8.04. The second-order valence-corrected chi connectivity index (χ2v) is 6.01. The average molecular weight is 350 g/mol. The third-order valence-corrected chi connectivity index (χ3v) is 3.57. The number of hydrogen-bond donors (Lipinski definition) is 4. The summed E-state index contributed by atoms with van der Waals surface area (Å²) in [5.41, 5.74) is 7.11. The van der Waals surface area contributed by atoms with E-state index in [2.05, 4.69) is 16.0 Å². The van der Waals surface area contributed by atoms with Gasteiger partial charge in [-0.25, -0.2) is 4.79 Å². The summed E-state index contributed by atoms with van der Waals surface area (Å²) < 4.78 is 4.93. The summed E-state index contributed by atoms with van der Waals surface area (Å²) in [6.45, 7) is 5.40. The van der Waals surface area contributed by atoms with E-state index < -0.39 is 18.2 Å². The lowest BCUT2D eigenvalue weighted by atomic mass is 10.0. The minimum Gasteiger partial charge on any atom is -0.445 e. The summed E-state index contributed by atoms with van der Waals surface area (Å²) in [6, 6.07) is 5.47. The molecule has 1 aromatic rings. The third kappa shape index (κ3) is 6.80. The molecule has 2 atom stereocenters. The van der Waals surface area contributed by atoms with E-state index in [0.717, 1.165) is 5.56 Å². The third-order valence-electron chi connectivity index (χ3n) is 3.57. The molecule has 25 heavy (non-hydrogen) atoms. The zero-order valence-electron chi connectivity index (χ0n) is 15.0. The molecular formula is C17H26N4O4. The van der Waals surface area contributed by atoms with Crippen molar-refractivity contribution in [3.05, 3.63) is 29.8 Å². The zero-order valence-corrected chi connectivity index (χ0v) is 15.0. The van der Waals surface area contributed by atoms with Crippen LogP contribution in [0.3, 0.4) is 0 Å². The van der Waals surface area contributed by atoms with E-state index in [1.54, 1.807) is 31.2 Å². The topological polar surface area (TPSA) is 123 Å². The lowest BCUT2D eigenvalue weighted by molar-refractivity contribution is -0.127. The first-order chi connectivity index (χ1) is 11.7. The van der Waals surface area contributed by atoms with Crippen LogP contribution in [0, 0.1) is 5.92 Å². The summed E-state index contributed by atoms with van der Waals surface area (Å²) in [5.74, 6) is -0.724. The Morgan fingerprint density at radius 3 is 2.20 bits per heavy atom. The maximum Gasteiger partial charge on any atom is 0.407 e. The van der Waals surface area contributed by atoms with Crippen molar-refractivity contribution in [2.75, 3.05) is 12.4 Å². The number of anilines is 1. The predicted octanol–water partition coefficient (Wildman–Crippen LogP) is 0.969. The number of ether oxygens (including phenoxy) is 1. The van der Waals surface area contributed by atoms with E-state index in [0.29, 0.717) is 5.69 Å². The van der Waals surface area contributed by atoms with E-state index in [1.165, 1.54) is 7.05 Å². The maximum absolute atomic E-state index is 12.1. The lowest BCUT2D eigenvalue weighted by Crippen LogP contribution is -2.50. The van der Waals surface area contributed by atoms with Crippen LogP contribution in [-0.4, -0.2) is 37.0 Å². The van der Waals surface area contributed by atoms with Crippen LogP contribution in [0.5, 0.6) is 0 Å². The Bertz CT molecular complexity index is 601. The molecule has 8 heteroatoms. The molecule has 0 aromatic heterocycles.